The zero-order valence-electron chi connectivity index (χ0n) is 16.0. The number of nitrogens with one attached hydrogen (secondary N) is 1. The van der Waals surface area contributed by atoms with Gasteiger partial charge in [0, 0.05) is 24.0 Å². The summed E-state index contributed by atoms with van der Waals surface area (Å²) in [7, 11) is 0. The van der Waals surface area contributed by atoms with Gasteiger partial charge in [-0.05, 0) is 17.7 Å². The molecule has 0 spiro atoms. The third-order valence-electron chi connectivity index (χ3n) is 3.55. The average Bonchev–Trinajstić information content (AvgIpc) is 2.68. The second-order valence-corrected chi connectivity index (χ2v) is 6.25. The Kier molecular flexibility index (Phi) is 14.2. The zero-order valence-corrected chi connectivity index (χ0v) is 16.8. The standard InChI is InChI=1S/C20H29ClN2O5/c1-2-7-25-9-11-27-13-14-28-12-10-26-8-6-23-20(24)16-19(22)17-4-3-5-18(21)15-17/h1,3-5,15,19H,6-14,16,22H2,(H,23,24)/t19-/m1/s1. The molecule has 0 aliphatic rings. The van der Waals surface area contributed by atoms with Crippen molar-refractivity contribution in [3.05, 3.63) is 34.9 Å². The van der Waals surface area contributed by atoms with Crippen molar-refractivity contribution in [3.63, 3.8) is 0 Å². The number of terminal acetylenes is 1. The van der Waals surface area contributed by atoms with E-state index < -0.39 is 0 Å². The van der Waals surface area contributed by atoms with Crippen LogP contribution in [0.15, 0.2) is 24.3 Å². The lowest BCUT2D eigenvalue weighted by atomic mass is 10.0. The Hall–Kier alpha value is -1.66. The number of halogens is 1. The zero-order chi connectivity index (χ0) is 20.5. The van der Waals surface area contributed by atoms with Gasteiger partial charge in [-0.15, -0.1) is 6.42 Å². The number of nitrogens with two attached hydrogens (primary N) is 1. The molecular weight excluding hydrogens is 384 g/mol. The quantitative estimate of drug-likeness (QED) is 0.316. The Bertz CT molecular complexity index is 594. The highest BCUT2D eigenvalue weighted by atomic mass is 35.5. The molecule has 0 aromatic heterocycles. The Morgan fingerprint density at radius 2 is 1.68 bits per heavy atom. The smallest absolute Gasteiger partial charge is 0.221 e. The van der Waals surface area contributed by atoms with Crippen LogP contribution in [0.25, 0.3) is 0 Å². The van der Waals surface area contributed by atoms with E-state index in [0.717, 1.165) is 5.56 Å². The summed E-state index contributed by atoms with van der Waals surface area (Å²) >= 11 is 5.93. The van der Waals surface area contributed by atoms with Crippen molar-refractivity contribution in [2.45, 2.75) is 12.5 Å². The van der Waals surface area contributed by atoms with Gasteiger partial charge < -0.3 is 30.0 Å². The van der Waals surface area contributed by atoms with Gasteiger partial charge in [-0.1, -0.05) is 29.7 Å². The summed E-state index contributed by atoms with van der Waals surface area (Å²) in [5.41, 5.74) is 6.86. The lowest BCUT2D eigenvalue weighted by Gasteiger charge is -2.12. The van der Waals surface area contributed by atoms with Gasteiger partial charge in [0.25, 0.3) is 0 Å². The predicted octanol–water partition coefficient (Wildman–Crippen LogP) is 1.55. The number of hydrogen-bond acceptors (Lipinski definition) is 6. The molecule has 3 N–H and O–H groups in total. The van der Waals surface area contributed by atoms with Gasteiger partial charge in [0.2, 0.25) is 5.91 Å². The maximum atomic E-state index is 11.9. The van der Waals surface area contributed by atoms with Gasteiger partial charge in [-0.2, -0.15) is 0 Å². The normalized spacial score (nSPS) is 11.8. The largest absolute Gasteiger partial charge is 0.377 e. The molecule has 0 saturated carbocycles. The lowest BCUT2D eigenvalue weighted by Crippen LogP contribution is -2.30. The van der Waals surface area contributed by atoms with E-state index in [2.05, 4.69) is 11.2 Å². The second kappa shape index (κ2) is 16.3. The molecule has 156 valence electrons. The number of ether oxygens (including phenoxy) is 4. The Morgan fingerprint density at radius 3 is 2.29 bits per heavy atom. The van der Waals surface area contributed by atoms with Gasteiger partial charge in [-0.25, -0.2) is 0 Å². The number of amides is 1. The van der Waals surface area contributed by atoms with E-state index in [1.165, 1.54) is 0 Å². The van der Waals surface area contributed by atoms with Crippen molar-refractivity contribution in [1.82, 2.24) is 5.32 Å². The van der Waals surface area contributed by atoms with Crippen LogP contribution in [0.5, 0.6) is 0 Å². The maximum absolute atomic E-state index is 11.9. The Labute approximate surface area is 171 Å². The third kappa shape index (κ3) is 12.7. The second-order valence-electron chi connectivity index (χ2n) is 5.81. The van der Waals surface area contributed by atoms with E-state index in [1.54, 1.807) is 12.1 Å². The first-order valence-corrected chi connectivity index (χ1v) is 9.53. The highest BCUT2D eigenvalue weighted by Crippen LogP contribution is 2.18. The summed E-state index contributed by atoms with van der Waals surface area (Å²) in [5.74, 6) is 2.25. The van der Waals surface area contributed by atoms with Crippen LogP contribution in [0, 0.1) is 12.3 Å². The van der Waals surface area contributed by atoms with Crippen molar-refractivity contribution in [3.8, 4) is 12.3 Å². The fraction of sp³-hybridized carbons (Fsp3) is 0.550. The van der Waals surface area contributed by atoms with Crippen molar-refractivity contribution in [1.29, 1.82) is 0 Å². The van der Waals surface area contributed by atoms with Crippen LogP contribution in [0.1, 0.15) is 18.0 Å². The summed E-state index contributed by atoms with van der Waals surface area (Å²) in [6.45, 7) is 3.97. The lowest BCUT2D eigenvalue weighted by molar-refractivity contribution is -0.121. The minimum Gasteiger partial charge on any atom is -0.377 e. The molecule has 1 atom stereocenters. The molecule has 0 aliphatic heterocycles. The molecule has 1 rings (SSSR count). The monoisotopic (exact) mass is 412 g/mol. The highest BCUT2D eigenvalue weighted by molar-refractivity contribution is 6.30. The van der Waals surface area contributed by atoms with Gasteiger partial charge in [0.15, 0.2) is 0 Å². The van der Waals surface area contributed by atoms with Crippen molar-refractivity contribution in [2.24, 2.45) is 5.73 Å². The molecule has 7 nitrogen and oxygen atoms in total. The number of benzene rings is 1. The van der Waals surface area contributed by atoms with Gasteiger partial charge in [0.05, 0.1) is 46.2 Å². The van der Waals surface area contributed by atoms with Crippen molar-refractivity contribution in [2.75, 3.05) is 59.4 Å². The van der Waals surface area contributed by atoms with E-state index in [0.29, 0.717) is 64.4 Å². The van der Waals surface area contributed by atoms with Gasteiger partial charge >= 0.3 is 0 Å². The van der Waals surface area contributed by atoms with Crippen molar-refractivity contribution < 1.29 is 23.7 Å². The number of carbonyl (C=O) groups is 1. The first kappa shape index (κ1) is 24.4. The van der Waals surface area contributed by atoms with Crippen molar-refractivity contribution >= 4 is 17.5 Å². The summed E-state index contributed by atoms with van der Waals surface area (Å²) in [4.78, 5) is 11.9. The SMILES string of the molecule is C#CCOCCOCCOCCOCCNC(=O)C[C@@H](N)c1cccc(Cl)c1. The number of rotatable bonds is 16. The van der Waals surface area contributed by atoms with E-state index in [-0.39, 0.29) is 18.4 Å². The molecular formula is C20H29ClN2O5. The molecule has 0 heterocycles. The molecule has 1 aromatic carbocycles. The molecule has 0 aliphatic carbocycles. The first-order chi connectivity index (χ1) is 13.6. The molecule has 1 amide bonds. The van der Waals surface area contributed by atoms with Gasteiger partial charge in [0.1, 0.15) is 6.61 Å². The minimum atomic E-state index is -0.390. The molecule has 1 aromatic rings. The van der Waals surface area contributed by atoms with Crippen LogP contribution >= 0.6 is 11.6 Å². The Balaban J connectivity index is 1.90. The summed E-state index contributed by atoms with van der Waals surface area (Å²) in [5, 5.41) is 3.38. The molecule has 0 radical (unpaired) electrons. The predicted molar refractivity (Wildman–Crippen MR) is 108 cm³/mol. The molecule has 28 heavy (non-hydrogen) atoms. The van der Waals surface area contributed by atoms with Crippen LogP contribution in [0.3, 0.4) is 0 Å². The summed E-state index contributed by atoms with van der Waals surface area (Å²) < 4.78 is 21.1. The number of carbonyl (C=O) groups excluding carboxylic acids is 1. The van der Waals surface area contributed by atoms with E-state index in [9.17, 15) is 4.79 Å². The highest BCUT2D eigenvalue weighted by Gasteiger charge is 2.11. The van der Waals surface area contributed by atoms with E-state index in [1.807, 2.05) is 12.1 Å². The van der Waals surface area contributed by atoms with Gasteiger partial charge in [-0.3, -0.25) is 4.79 Å². The minimum absolute atomic E-state index is 0.129. The fourth-order valence-corrected chi connectivity index (χ4v) is 2.38. The number of hydrogen-bond donors (Lipinski definition) is 2. The van der Waals surface area contributed by atoms with Crippen LogP contribution in [-0.2, 0) is 23.7 Å². The average molecular weight is 413 g/mol. The molecule has 8 heteroatoms. The Morgan fingerprint density at radius 1 is 1.07 bits per heavy atom. The molecule has 0 fully saturated rings. The van der Waals surface area contributed by atoms with Crippen LogP contribution in [-0.4, -0.2) is 65.3 Å². The van der Waals surface area contributed by atoms with Crippen LogP contribution in [0.2, 0.25) is 5.02 Å². The van der Waals surface area contributed by atoms with E-state index in [4.69, 9.17) is 42.7 Å². The fourth-order valence-electron chi connectivity index (χ4n) is 2.18. The summed E-state index contributed by atoms with van der Waals surface area (Å²) in [6.07, 6.45) is 5.24. The topological polar surface area (TPSA) is 92.0 Å². The van der Waals surface area contributed by atoms with Crippen LogP contribution < -0.4 is 11.1 Å². The third-order valence-corrected chi connectivity index (χ3v) is 3.79. The molecule has 0 unspecified atom stereocenters. The molecule has 0 bridgehead atoms. The molecule has 0 saturated heterocycles. The van der Waals surface area contributed by atoms with E-state index >= 15 is 0 Å². The maximum Gasteiger partial charge on any atom is 0.221 e. The van der Waals surface area contributed by atoms with Crippen LogP contribution in [0.4, 0.5) is 0 Å². The summed E-state index contributed by atoms with van der Waals surface area (Å²) in [6, 6.07) is 6.81. The first-order valence-electron chi connectivity index (χ1n) is 9.15.